The lowest BCUT2D eigenvalue weighted by atomic mass is 9.84. The molecule has 98 valence electrons. The van der Waals surface area contributed by atoms with Gasteiger partial charge in [-0.25, -0.2) is 0 Å². The van der Waals surface area contributed by atoms with Gasteiger partial charge in [-0.15, -0.1) is 0 Å². The summed E-state index contributed by atoms with van der Waals surface area (Å²) in [6, 6.07) is 0.714. The molecular formula is C14H32N2. The average molecular weight is 228 g/mol. The molecule has 1 rings (SSSR count). The summed E-state index contributed by atoms with van der Waals surface area (Å²) in [7, 11) is 4.38. The van der Waals surface area contributed by atoms with Crippen molar-refractivity contribution in [2.75, 3.05) is 33.7 Å². The van der Waals surface area contributed by atoms with Crippen LogP contribution in [0.4, 0.5) is 0 Å². The third kappa shape index (κ3) is 4.42. The van der Waals surface area contributed by atoms with Crippen molar-refractivity contribution in [3.63, 3.8) is 0 Å². The molecule has 0 spiro atoms. The first-order valence-electron chi connectivity index (χ1n) is 6.88. The van der Waals surface area contributed by atoms with Crippen LogP contribution in [-0.4, -0.2) is 49.6 Å². The highest BCUT2D eigenvalue weighted by Crippen LogP contribution is 2.35. The van der Waals surface area contributed by atoms with Gasteiger partial charge in [0, 0.05) is 19.1 Å². The Kier molecular flexibility index (Phi) is 7.25. The van der Waals surface area contributed by atoms with E-state index in [2.05, 4.69) is 44.7 Å². The molecule has 0 amide bonds. The molecule has 1 fully saturated rings. The van der Waals surface area contributed by atoms with E-state index < -0.39 is 0 Å². The number of hydrogen-bond acceptors (Lipinski definition) is 2. The lowest BCUT2D eigenvalue weighted by molar-refractivity contribution is 0.171. The van der Waals surface area contributed by atoms with Crippen molar-refractivity contribution in [3.05, 3.63) is 0 Å². The zero-order chi connectivity index (χ0) is 12.8. The van der Waals surface area contributed by atoms with Crippen LogP contribution in [-0.2, 0) is 0 Å². The van der Waals surface area contributed by atoms with Gasteiger partial charge in [0.2, 0.25) is 0 Å². The second-order valence-corrected chi connectivity index (χ2v) is 5.41. The van der Waals surface area contributed by atoms with Crippen LogP contribution in [0.2, 0.25) is 0 Å². The zero-order valence-corrected chi connectivity index (χ0v) is 12.5. The molecule has 0 aromatic heterocycles. The number of rotatable bonds is 4. The van der Waals surface area contributed by atoms with E-state index in [1.807, 2.05) is 13.8 Å². The van der Waals surface area contributed by atoms with E-state index in [1.165, 1.54) is 32.5 Å². The van der Waals surface area contributed by atoms with E-state index in [1.54, 1.807) is 0 Å². The molecule has 1 heterocycles. The molecule has 0 aromatic rings. The first kappa shape index (κ1) is 15.9. The molecule has 2 heteroatoms. The Balaban J connectivity index is 0.00000106. The predicted octanol–water partition coefficient (Wildman–Crippen LogP) is 3.08. The second-order valence-electron chi connectivity index (χ2n) is 5.41. The summed E-state index contributed by atoms with van der Waals surface area (Å²) < 4.78 is 0. The Hall–Kier alpha value is -0.0800. The van der Waals surface area contributed by atoms with Crippen LogP contribution in [0.3, 0.4) is 0 Å². The van der Waals surface area contributed by atoms with Crippen molar-refractivity contribution in [1.29, 1.82) is 0 Å². The highest BCUT2D eigenvalue weighted by molar-refractivity contribution is 4.91. The molecule has 1 saturated heterocycles. The molecule has 1 aliphatic heterocycles. The fourth-order valence-electron chi connectivity index (χ4n) is 2.61. The fraction of sp³-hybridized carbons (Fsp3) is 1.00. The molecule has 0 bridgehead atoms. The molecule has 0 aromatic carbocycles. The third-order valence-electron chi connectivity index (χ3n) is 3.60. The van der Waals surface area contributed by atoms with Crippen molar-refractivity contribution >= 4 is 0 Å². The Morgan fingerprint density at radius 1 is 1.25 bits per heavy atom. The van der Waals surface area contributed by atoms with Gasteiger partial charge in [0.15, 0.2) is 0 Å². The van der Waals surface area contributed by atoms with Gasteiger partial charge in [-0.05, 0) is 52.7 Å². The minimum Gasteiger partial charge on any atom is -0.309 e. The van der Waals surface area contributed by atoms with Gasteiger partial charge < -0.3 is 9.80 Å². The molecule has 0 radical (unpaired) electrons. The third-order valence-corrected chi connectivity index (χ3v) is 3.60. The Morgan fingerprint density at radius 2 is 1.81 bits per heavy atom. The van der Waals surface area contributed by atoms with Crippen molar-refractivity contribution in [2.45, 2.75) is 53.5 Å². The van der Waals surface area contributed by atoms with E-state index in [0.717, 1.165) is 0 Å². The topological polar surface area (TPSA) is 6.48 Å². The van der Waals surface area contributed by atoms with E-state index in [9.17, 15) is 0 Å². The maximum Gasteiger partial charge on any atom is 0.00533 e. The molecule has 0 N–H and O–H groups in total. The summed E-state index contributed by atoms with van der Waals surface area (Å²) >= 11 is 0. The first-order chi connectivity index (χ1) is 7.49. The molecule has 0 aliphatic carbocycles. The molecule has 2 nitrogen and oxygen atoms in total. The standard InChI is InChI=1S/C12H26N2.C2H6/c1-6-12(9-13(4)5)7-8-14(10-12)11(2)3;1-2/h11H,6-10H2,1-5H3;1-2H3. The monoisotopic (exact) mass is 228 g/mol. The van der Waals surface area contributed by atoms with E-state index in [-0.39, 0.29) is 0 Å². The highest BCUT2D eigenvalue weighted by Gasteiger charge is 2.37. The fourth-order valence-corrected chi connectivity index (χ4v) is 2.61. The van der Waals surface area contributed by atoms with Crippen LogP contribution in [0.1, 0.15) is 47.5 Å². The van der Waals surface area contributed by atoms with Crippen molar-refractivity contribution < 1.29 is 0 Å². The molecule has 1 aliphatic rings. The van der Waals surface area contributed by atoms with Crippen molar-refractivity contribution in [1.82, 2.24) is 9.80 Å². The molecule has 1 unspecified atom stereocenters. The largest absolute Gasteiger partial charge is 0.309 e. The number of nitrogens with zero attached hydrogens (tertiary/aromatic N) is 2. The van der Waals surface area contributed by atoms with Gasteiger partial charge in [-0.3, -0.25) is 0 Å². The summed E-state index contributed by atoms with van der Waals surface area (Å²) in [4.78, 5) is 4.96. The van der Waals surface area contributed by atoms with Crippen LogP contribution in [0.25, 0.3) is 0 Å². The van der Waals surface area contributed by atoms with Gasteiger partial charge >= 0.3 is 0 Å². The lowest BCUT2D eigenvalue weighted by Crippen LogP contribution is -2.37. The maximum absolute atomic E-state index is 2.62. The quantitative estimate of drug-likeness (QED) is 0.729. The van der Waals surface area contributed by atoms with Gasteiger partial charge in [0.05, 0.1) is 0 Å². The normalized spacial score (nSPS) is 26.1. The van der Waals surface area contributed by atoms with Crippen LogP contribution in [0, 0.1) is 5.41 Å². The molecule has 1 atom stereocenters. The van der Waals surface area contributed by atoms with Crippen LogP contribution in [0.15, 0.2) is 0 Å². The minimum absolute atomic E-state index is 0.563. The summed E-state index contributed by atoms with van der Waals surface area (Å²) in [5, 5.41) is 0. The lowest BCUT2D eigenvalue weighted by Gasteiger charge is -2.32. The predicted molar refractivity (Wildman–Crippen MR) is 74.0 cm³/mol. The van der Waals surface area contributed by atoms with Gasteiger partial charge in [0.25, 0.3) is 0 Å². The number of hydrogen-bond donors (Lipinski definition) is 0. The zero-order valence-electron chi connectivity index (χ0n) is 12.5. The van der Waals surface area contributed by atoms with E-state index in [0.29, 0.717) is 11.5 Å². The maximum atomic E-state index is 2.62. The van der Waals surface area contributed by atoms with Crippen molar-refractivity contribution in [2.24, 2.45) is 5.41 Å². The Labute approximate surface area is 103 Å². The smallest absolute Gasteiger partial charge is 0.00533 e. The Bertz CT molecular complexity index is 178. The molecule has 16 heavy (non-hydrogen) atoms. The van der Waals surface area contributed by atoms with Gasteiger partial charge in [-0.1, -0.05) is 20.8 Å². The average Bonchev–Trinajstić information content (AvgIpc) is 2.65. The van der Waals surface area contributed by atoms with Crippen LogP contribution < -0.4 is 0 Å². The molecule has 0 saturated carbocycles. The number of likely N-dealkylation sites (tertiary alicyclic amines) is 1. The Morgan fingerprint density at radius 3 is 2.12 bits per heavy atom. The highest BCUT2D eigenvalue weighted by atomic mass is 15.2. The summed E-state index contributed by atoms with van der Waals surface area (Å²) in [5.41, 5.74) is 0.563. The second kappa shape index (κ2) is 7.29. The minimum atomic E-state index is 0.563. The van der Waals surface area contributed by atoms with Crippen LogP contribution >= 0.6 is 0 Å². The SMILES string of the molecule is CC.CCC1(CN(C)C)CCN(C(C)C)C1. The van der Waals surface area contributed by atoms with Gasteiger partial charge in [-0.2, -0.15) is 0 Å². The van der Waals surface area contributed by atoms with E-state index >= 15 is 0 Å². The summed E-state index contributed by atoms with van der Waals surface area (Å²) in [6.45, 7) is 14.8. The van der Waals surface area contributed by atoms with Crippen LogP contribution in [0.5, 0.6) is 0 Å². The van der Waals surface area contributed by atoms with Crippen molar-refractivity contribution in [3.8, 4) is 0 Å². The van der Waals surface area contributed by atoms with E-state index in [4.69, 9.17) is 0 Å². The van der Waals surface area contributed by atoms with Gasteiger partial charge in [0.1, 0.15) is 0 Å². The summed E-state index contributed by atoms with van der Waals surface area (Å²) in [5.74, 6) is 0. The summed E-state index contributed by atoms with van der Waals surface area (Å²) in [6.07, 6.45) is 2.69. The molecular weight excluding hydrogens is 196 g/mol. The first-order valence-corrected chi connectivity index (χ1v) is 6.88.